The van der Waals surface area contributed by atoms with Gasteiger partial charge in [0.25, 0.3) is 5.92 Å². The zero-order valence-corrected chi connectivity index (χ0v) is 17.1. The lowest BCUT2D eigenvalue weighted by Crippen LogP contribution is -2.36. The van der Waals surface area contributed by atoms with Crippen molar-refractivity contribution in [3.63, 3.8) is 0 Å². The molecule has 4 rings (SSSR count). The van der Waals surface area contributed by atoms with E-state index in [1.165, 1.54) is 0 Å². The Morgan fingerprint density at radius 3 is 2.48 bits per heavy atom. The summed E-state index contributed by atoms with van der Waals surface area (Å²) in [5, 5.41) is 4.63. The van der Waals surface area contributed by atoms with Crippen molar-refractivity contribution in [1.82, 2.24) is 20.0 Å². The normalized spacial score (nSPS) is 16.5. The second-order valence-corrected chi connectivity index (χ2v) is 7.32. The van der Waals surface area contributed by atoms with E-state index in [0.717, 1.165) is 28.6 Å². The van der Waals surface area contributed by atoms with Crippen molar-refractivity contribution >= 4 is 23.2 Å². The van der Waals surface area contributed by atoms with Gasteiger partial charge < -0.3 is 15.2 Å². The highest BCUT2D eigenvalue weighted by molar-refractivity contribution is 5.97. The number of hydrogen-bond acceptors (Lipinski definition) is 6. The molecular formula is C21H25F2N7O. The van der Waals surface area contributed by atoms with Crippen LogP contribution in [0.3, 0.4) is 0 Å². The average molecular weight is 429 g/mol. The maximum Gasteiger partial charge on any atom is 0.250 e. The Morgan fingerprint density at radius 1 is 1.23 bits per heavy atom. The van der Waals surface area contributed by atoms with Gasteiger partial charge >= 0.3 is 0 Å². The lowest BCUT2D eigenvalue weighted by Gasteiger charge is -2.28. The van der Waals surface area contributed by atoms with Crippen molar-refractivity contribution in [3.8, 4) is 5.69 Å². The quantitative estimate of drug-likeness (QED) is 0.193. The Bertz CT molecular complexity index is 1050. The third-order valence-electron chi connectivity index (χ3n) is 5.03. The lowest BCUT2D eigenvalue weighted by molar-refractivity contribution is -0.0504. The number of amidine groups is 1. The molecule has 8 nitrogen and oxygen atoms in total. The number of rotatable bonds is 4. The number of hydrazone groups is 1. The van der Waals surface area contributed by atoms with Crippen LogP contribution >= 0.6 is 0 Å². The van der Waals surface area contributed by atoms with Crippen molar-refractivity contribution in [1.29, 1.82) is 0 Å². The number of hydrazine groups is 1. The fourth-order valence-corrected chi connectivity index (χ4v) is 3.19. The molecule has 0 aliphatic carbocycles. The Kier molecular flexibility index (Phi) is 6.93. The Morgan fingerprint density at radius 2 is 1.90 bits per heavy atom. The Balaban J connectivity index is 0.000000254. The number of alkyl halides is 2. The van der Waals surface area contributed by atoms with Gasteiger partial charge in [-0.05, 0) is 43.4 Å². The largest absolute Gasteiger partial charge is 0.382 e. The van der Waals surface area contributed by atoms with Crippen LogP contribution < -0.4 is 17.1 Å². The minimum Gasteiger partial charge on any atom is -0.382 e. The minimum atomic E-state index is -2.38. The number of likely N-dealkylation sites (tertiary alicyclic amines) is 1. The van der Waals surface area contributed by atoms with Crippen molar-refractivity contribution in [2.45, 2.75) is 18.8 Å². The van der Waals surface area contributed by atoms with E-state index in [4.69, 9.17) is 11.6 Å². The number of aldehydes is 1. The number of aromatic nitrogens is 2. The van der Waals surface area contributed by atoms with Gasteiger partial charge in [0.2, 0.25) is 0 Å². The van der Waals surface area contributed by atoms with Gasteiger partial charge in [-0.2, -0.15) is 0 Å². The molecule has 5 N–H and O–H groups in total. The molecule has 31 heavy (non-hydrogen) atoms. The SMILES string of the molecule is CN1CCC(F)(F)CC1.NN/N=C(\N)c1ccc(-n2ccc3cc(C=O)cnc32)cc1. The van der Waals surface area contributed by atoms with E-state index in [2.05, 4.69) is 15.6 Å². The summed E-state index contributed by atoms with van der Waals surface area (Å²) in [5.74, 6) is 3.03. The average Bonchev–Trinajstić information content (AvgIpc) is 3.20. The van der Waals surface area contributed by atoms with Crippen LogP contribution in [0.1, 0.15) is 28.8 Å². The Labute approximate surface area is 178 Å². The molecule has 3 aromatic rings. The van der Waals surface area contributed by atoms with E-state index >= 15 is 0 Å². The molecule has 1 saturated heterocycles. The number of benzene rings is 1. The standard InChI is InChI=1S/C15H14N6O.C6H11F2N/c16-14(19-20-17)11-1-3-13(4-2-11)21-6-5-12-7-10(9-22)8-18-15(12)21;1-9-4-2-6(7,8)3-5-9/h1-9,20H,17H2,(H2,16,19);2-5H2,1H3. The summed E-state index contributed by atoms with van der Waals surface area (Å²) >= 11 is 0. The summed E-state index contributed by atoms with van der Waals surface area (Å²) in [4.78, 5) is 17.1. The predicted molar refractivity (Wildman–Crippen MR) is 116 cm³/mol. The van der Waals surface area contributed by atoms with Gasteiger partial charge in [0.15, 0.2) is 12.1 Å². The highest BCUT2D eigenvalue weighted by atomic mass is 19.3. The van der Waals surface area contributed by atoms with E-state index in [9.17, 15) is 13.6 Å². The third-order valence-corrected chi connectivity index (χ3v) is 5.03. The zero-order chi connectivity index (χ0) is 22.4. The number of nitrogens with two attached hydrogens (primary N) is 2. The smallest absolute Gasteiger partial charge is 0.250 e. The molecule has 1 fully saturated rings. The highest BCUT2D eigenvalue weighted by Gasteiger charge is 2.32. The first-order chi connectivity index (χ1) is 14.8. The third kappa shape index (κ3) is 5.62. The van der Waals surface area contributed by atoms with E-state index in [-0.39, 0.29) is 12.8 Å². The van der Waals surface area contributed by atoms with Gasteiger partial charge in [-0.15, -0.1) is 5.10 Å². The summed E-state index contributed by atoms with van der Waals surface area (Å²) in [7, 11) is 1.87. The summed E-state index contributed by atoms with van der Waals surface area (Å²) in [5.41, 5.74) is 10.9. The van der Waals surface area contributed by atoms with Crippen LogP contribution in [0.15, 0.2) is 53.9 Å². The van der Waals surface area contributed by atoms with Crippen molar-refractivity contribution in [2.75, 3.05) is 20.1 Å². The van der Waals surface area contributed by atoms with Crippen LogP contribution in [0.4, 0.5) is 8.78 Å². The number of piperidine rings is 1. The van der Waals surface area contributed by atoms with Crippen LogP contribution in [-0.4, -0.2) is 52.6 Å². The van der Waals surface area contributed by atoms with E-state index in [0.29, 0.717) is 24.5 Å². The lowest BCUT2D eigenvalue weighted by atomic mass is 10.1. The molecule has 3 heterocycles. The number of nitrogens with zero attached hydrogens (tertiary/aromatic N) is 4. The number of hydrogen-bond donors (Lipinski definition) is 3. The summed E-state index contributed by atoms with van der Waals surface area (Å²) in [6.45, 7) is 1.07. The Hall–Kier alpha value is -3.37. The van der Waals surface area contributed by atoms with Crippen LogP contribution in [-0.2, 0) is 0 Å². The maximum absolute atomic E-state index is 12.4. The molecule has 2 aromatic heterocycles. The molecule has 1 aromatic carbocycles. The predicted octanol–water partition coefficient (Wildman–Crippen LogP) is 2.27. The molecule has 0 atom stereocenters. The van der Waals surface area contributed by atoms with Crippen LogP contribution in [0, 0.1) is 0 Å². The molecule has 0 amide bonds. The highest BCUT2D eigenvalue weighted by Crippen LogP contribution is 2.26. The second kappa shape index (κ2) is 9.63. The van der Waals surface area contributed by atoms with Crippen molar-refractivity contribution in [2.24, 2.45) is 16.7 Å². The fraction of sp³-hybridized carbons (Fsp3) is 0.286. The number of carbonyl (C=O) groups is 1. The maximum atomic E-state index is 12.4. The molecule has 0 radical (unpaired) electrons. The van der Waals surface area contributed by atoms with Crippen LogP contribution in [0.5, 0.6) is 0 Å². The molecule has 0 unspecified atom stereocenters. The van der Waals surface area contributed by atoms with Crippen LogP contribution in [0.25, 0.3) is 16.7 Å². The van der Waals surface area contributed by atoms with E-state index < -0.39 is 5.92 Å². The molecule has 164 valence electrons. The van der Waals surface area contributed by atoms with Gasteiger partial charge in [-0.1, -0.05) is 0 Å². The molecule has 1 aliphatic rings. The first kappa shape index (κ1) is 22.3. The number of halogens is 2. The van der Waals surface area contributed by atoms with E-state index in [1.54, 1.807) is 12.3 Å². The second-order valence-electron chi connectivity index (χ2n) is 7.32. The van der Waals surface area contributed by atoms with Crippen molar-refractivity contribution in [3.05, 3.63) is 59.9 Å². The fourth-order valence-electron chi connectivity index (χ4n) is 3.19. The molecule has 0 spiro atoms. The van der Waals surface area contributed by atoms with Crippen LogP contribution in [0.2, 0.25) is 0 Å². The number of nitrogens with one attached hydrogen (secondary N) is 1. The van der Waals surface area contributed by atoms with Crippen molar-refractivity contribution < 1.29 is 13.6 Å². The summed E-state index contributed by atoms with van der Waals surface area (Å²) < 4.78 is 26.6. The topological polar surface area (TPSA) is 115 Å². The van der Waals surface area contributed by atoms with Gasteiger partial charge in [-0.25, -0.2) is 25.1 Å². The zero-order valence-electron chi connectivity index (χ0n) is 17.1. The summed E-state index contributed by atoms with van der Waals surface area (Å²) in [6.07, 6.45) is 4.30. The molecule has 0 bridgehead atoms. The van der Waals surface area contributed by atoms with E-state index in [1.807, 2.05) is 53.0 Å². The van der Waals surface area contributed by atoms with Gasteiger partial charge in [0.1, 0.15) is 5.65 Å². The van der Waals surface area contributed by atoms with Gasteiger partial charge in [0, 0.05) is 60.5 Å². The molecule has 10 heteroatoms. The first-order valence-corrected chi connectivity index (χ1v) is 9.71. The number of fused-ring (bicyclic) bond motifs is 1. The monoisotopic (exact) mass is 429 g/mol. The van der Waals surface area contributed by atoms with Gasteiger partial charge in [-0.3, -0.25) is 4.79 Å². The number of carbonyl (C=O) groups excluding carboxylic acids is 1. The first-order valence-electron chi connectivity index (χ1n) is 9.71. The molecular weight excluding hydrogens is 404 g/mol. The number of pyridine rings is 1. The minimum absolute atomic E-state index is 0.0312. The molecule has 1 aliphatic heterocycles. The van der Waals surface area contributed by atoms with Gasteiger partial charge in [0.05, 0.1) is 0 Å². The summed E-state index contributed by atoms with van der Waals surface area (Å²) in [6, 6.07) is 11.2. The molecule has 0 saturated carbocycles.